The van der Waals surface area contributed by atoms with Crippen LogP contribution in [0.3, 0.4) is 0 Å². The van der Waals surface area contributed by atoms with Gasteiger partial charge in [-0.1, -0.05) is 0 Å². The Morgan fingerprint density at radius 3 is 0.638 bits per heavy atom. The number of carbonyl (C=O) groups is 3. The van der Waals surface area contributed by atoms with Gasteiger partial charge in [0, 0.05) is 137 Å². The molecule has 0 aliphatic carbocycles. The molecule has 0 aromatic heterocycles. The van der Waals surface area contributed by atoms with Gasteiger partial charge in [-0.2, -0.15) is 0 Å². The van der Waals surface area contributed by atoms with Crippen molar-refractivity contribution < 1.29 is 75.1 Å². The van der Waals surface area contributed by atoms with E-state index < -0.39 is 17.9 Å². The molecular weight excluding hydrogens is 762 g/mol. The maximum absolute atomic E-state index is 10.0. The Balaban J connectivity index is -0.000000184. The van der Waals surface area contributed by atoms with Crippen LogP contribution >= 0.6 is 0 Å². The molecule has 0 saturated heterocycles. The Morgan fingerprint density at radius 2 is 0.489 bits per heavy atom. The van der Waals surface area contributed by atoms with Crippen LogP contribution in [0.25, 0.3) is 0 Å². The molecule has 47 heavy (non-hydrogen) atoms. The van der Waals surface area contributed by atoms with E-state index in [9.17, 15) is 29.7 Å². The third-order valence-electron chi connectivity index (χ3n) is 5.33. The Labute approximate surface area is 313 Å². The number of aliphatic carboxylic acids is 3. The van der Waals surface area contributed by atoms with Gasteiger partial charge in [-0.15, -0.1) is 0 Å². The molecule has 14 N–H and O–H groups in total. The molecule has 0 heterocycles. The minimum Gasteiger partial charge on any atom is -0.549 e. The molecule has 0 spiro atoms. The van der Waals surface area contributed by atoms with Crippen LogP contribution in [0.15, 0.2) is 0 Å². The zero-order valence-corrected chi connectivity index (χ0v) is 30.9. The van der Waals surface area contributed by atoms with Crippen LogP contribution in [0, 0.1) is 39.9 Å². The van der Waals surface area contributed by atoms with Crippen LogP contribution in [0.1, 0.15) is 0 Å². The number of nitrogens with one attached hydrogen (secondary N) is 12. The van der Waals surface area contributed by atoms with Crippen LogP contribution in [0.2, 0.25) is 0 Å². The molecule has 0 saturated carbocycles. The molecule has 0 unspecified atom stereocenters. The van der Waals surface area contributed by atoms with Crippen molar-refractivity contribution in [3.63, 3.8) is 0 Å². The predicted octanol–water partition coefficient (Wildman–Crippen LogP) is -10.7. The van der Waals surface area contributed by atoms with E-state index in [1.54, 1.807) is 0 Å². The van der Waals surface area contributed by atoms with E-state index in [1.807, 2.05) is 21.1 Å². The van der Waals surface area contributed by atoms with Crippen LogP contribution < -0.4 is 79.1 Å². The minimum absolute atomic E-state index is 0. The molecular formula is C27H65GdN12O7. The summed E-state index contributed by atoms with van der Waals surface area (Å²) in [6.45, 7) is 15.2. The van der Waals surface area contributed by atoms with Gasteiger partial charge in [0.25, 0.3) is 0 Å². The Hall–Kier alpha value is -0.785. The molecule has 0 fully saturated rings. The number of rotatable bonds is 33. The quantitative estimate of drug-likeness (QED) is 0.0274. The van der Waals surface area contributed by atoms with Gasteiger partial charge in [-0.3, -0.25) is 0 Å². The summed E-state index contributed by atoms with van der Waals surface area (Å²) < 4.78 is 0. The van der Waals surface area contributed by atoms with Crippen LogP contribution in [-0.2, 0) is 14.4 Å². The molecule has 0 aliphatic heterocycles. The molecule has 0 rings (SSSR count). The standard InChI is InChI=1S/3C9H22N4O2.Gd.H2O/c3*1-10-2-3-11-4-5-12-6-7-13-8-9(14)15;;/h3*10-13H,2-8H2,1H3,(H,14,15);;1H2/q;;;+3;/p-3. The van der Waals surface area contributed by atoms with Gasteiger partial charge in [0.15, 0.2) is 0 Å². The first-order valence-electron chi connectivity index (χ1n) is 15.7. The van der Waals surface area contributed by atoms with E-state index in [0.29, 0.717) is 19.6 Å². The van der Waals surface area contributed by atoms with Crippen molar-refractivity contribution in [1.29, 1.82) is 0 Å². The Bertz CT molecular complexity index is 556. The molecule has 19 nitrogen and oxygen atoms in total. The largest absolute Gasteiger partial charge is 3.00 e. The van der Waals surface area contributed by atoms with Gasteiger partial charge in [0.1, 0.15) is 0 Å². The fraction of sp³-hybridized carbons (Fsp3) is 0.889. The van der Waals surface area contributed by atoms with E-state index in [4.69, 9.17) is 0 Å². The molecule has 283 valence electrons. The van der Waals surface area contributed by atoms with Gasteiger partial charge in [-0.25, -0.2) is 0 Å². The SMILES string of the molecule is CNCCNCCNCCNCC(=O)[O-].CNCCNCCNCCNCC(=O)[O-].CNCCNCCNCCNCC(=O)[O-].O.[Gd+3]. The normalized spacial score (nSPS) is 10.0. The van der Waals surface area contributed by atoms with Gasteiger partial charge in [0.05, 0.1) is 17.9 Å². The predicted molar refractivity (Wildman–Crippen MR) is 176 cm³/mol. The van der Waals surface area contributed by atoms with Crippen LogP contribution in [0.4, 0.5) is 0 Å². The topological polar surface area (TPSA) is 296 Å². The van der Waals surface area contributed by atoms with Crippen molar-refractivity contribution in [1.82, 2.24) is 63.8 Å². The van der Waals surface area contributed by atoms with Crippen LogP contribution in [-0.4, -0.2) is 182 Å². The third-order valence-corrected chi connectivity index (χ3v) is 5.33. The average molecular weight is 827 g/mol. The van der Waals surface area contributed by atoms with Crippen molar-refractivity contribution >= 4 is 17.9 Å². The molecule has 0 bridgehead atoms. The summed E-state index contributed by atoms with van der Waals surface area (Å²) in [6.07, 6.45) is 0. The number of hydrogen-bond donors (Lipinski definition) is 12. The summed E-state index contributed by atoms with van der Waals surface area (Å²) in [5.74, 6) is -3.20. The number of carbonyl (C=O) groups excluding carboxylic acids is 3. The second-order valence-corrected chi connectivity index (χ2v) is 9.46. The molecule has 0 aromatic rings. The number of carboxylic acid groups (broad SMARTS) is 3. The fourth-order valence-corrected chi connectivity index (χ4v) is 3.02. The van der Waals surface area contributed by atoms with E-state index in [0.717, 1.165) is 98.2 Å². The molecule has 0 aromatic carbocycles. The summed E-state index contributed by atoms with van der Waals surface area (Å²) in [4.78, 5) is 30.1. The molecule has 0 amide bonds. The molecule has 1 radical (unpaired) electrons. The Kier molecular flexibility index (Phi) is 61.6. The first-order chi connectivity index (χ1) is 21.8. The van der Waals surface area contributed by atoms with Gasteiger partial charge < -0.3 is 99.0 Å². The molecule has 20 heteroatoms. The first kappa shape index (κ1) is 55.6. The van der Waals surface area contributed by atoms with Crippen molar-refractivity contribution in [2.24, 2.45) is 0 Å². The van der Waals surface area contributed by atoms with E-state index >= 15 is 0 Å². The molecule has 0 atom stereocenters. The second kappa shape index (κ2) is 52.0. The van der Waals surface area contributed by atoms with Crippen molar-refractivity contribution in [3.05, 3.63) is 0 Å². The molecule has 0 aliphatic rings. The monoisotopic (exact) mass is 827 g/mol. The first-order valence-corrected chi connectivity index (χ1v) is 15.7. The van der Waals surface area contributed by atoms with Crippen molar-refractivity contribution in [2.45, 2.75) is 0 Å². The fourth-order valence-electron chi connectivity index (χ4n) is 3.02. The second-order valence-electron chi connectivity index (χ2n) is 9.46. The van der Waals surface area contributed by atoms with Crippen molar-refractivity contribution in [2.75, 3.05) is 159 Å². The number of hydrogen-bond acceptors (Lipinski definition) is 18. The number of likely N-dealkylation sites (N-methyl/N-ethyl adjacent to an activating group) is 3. The minimum atomic E-state index is -1.07. The van der Waals surface area contributed by atoms with Gasteiger partial charge in [-0.05, 0) is 21.1 Å². The maximum atomic E-state index is 10.0. The van der Waals surface area contributed by atoms with E-state index in [-0.39, 0.29) is 65.1 Å². The summed E-state index contributed by atoms with van der Waals surface area (Å²) in [7, 11) is 5.76. The summed E-state index contributed by atoms with van der Waals surface area (Å²) in [6, 6.07) is 0. The summed E-state index contributed by atoms with van der Waals surface area (Å²) in [5.41, 5.74) is 0. The number of carboxylic acids is 3. The van der Waals surface area contributed by atoms with Crippen LogP contribution in [0.5, 0.6) is 0 Å². The summed E-state index contributed by atoms with van der Waals surface area (Å²) in [5, 5.41) is 66.7. The smallest absolute Gasteiger partial charge is 0.549 e. The van der Waals surface area contributed by atoms with Gasteiger partial charge in [0.2, 0.25) is 0 Å². The van der Waals surface area contributed by atoms with Crippen molar-refractivity contribution in [3.8, 4) is 0 Å². The summed E-state index contributed by atoms with van der Waals surface area (Å²) >= 11 is 0. The zero-order valence-electron chi connectivity index (χ0n) is 28.7. The zero-order chi connectivity index (χ0) is 34.1. The van der Waals surface area contributed by atoms with Gasteiger partial charge >= 0.3 is 39.9 Å². The van der Waals surface area contributed by atoms with E-state index in [2.05, 4.69) is 63.8 Å². The average Bonchev–Trinajstić information content (AvgIpc) is 3.00. The third kappa shape index (κ3) is 68.1. The maximum Gasteiger partial charge on any atom is 3.00 e. The Morgan fingerprint density at radius 1 is 0.340 bits per heavy atom. The van der Waals surface area contributed by atoms with E-state index in [1.165, 1.54) is 0 Å².